The average molecular weight is 248 g/mol. The van der Waals surface area contributed by atoms with Crippen LogP contribution in [-0.4, -0.2) is 60.6 Å². The summed E-state index contributed by atoms with van der Waals surface area (Å²) in [5, 5.41) is 11.4. The standard InChI is InChI=1S/C10H20N2O3S/c1-12(2)6-4-9(13)11-8(10(14)15)5-7-16-3/h8H,4-7H2,1-3H3,(H,11,13)(H,14,15)/t8-/m0/s1. The summed E-state index contributed by atoms with van der Waals surface area (Å²) in [4.78, 5) is 24.1. The zero-order valence-electron chi connectivity index (χ0n) is 10.0. The highest BCUT2D eigenvalue weighted by molar-refractivity contribution is 7.98. The number of amides is 1. The van der Waals surface area contributed by atoms with Crippen LogP contribution in [0.2, 0.25) is 0 Å². The highest BCUT2D eigenvalue weighted by atomic mass is 32.2. The van der Waals surface area contributed by atoms with E-state index in [9.17, 15) is 9.59 Å². The van der Waals surface area contributed by atoms with Gasteiger partial charge in [0.25, 0.3) is 0 Å². The third-order valence-corrected chi connectivity index (χ3v) is 2.67. The first-order chi connectivity index (χ1) is 7.47. The fraction of sp³-hybridized carbons (Fsp3) is 0.800. The maximum atomic E-state index is 11.4. The molecule has 0 radical (unpaired) electrons. The fourth-order valence-electron chi connectivity index (χ4n) is 1.08. The third-order valence-electron chi connectivity index (χ3n) is 2.03. The zero-order valence-corrected chi connectivity index (χ0v) is 10.8. The lowest BCUT2D eigenvalue weighted by molar-refractivity contribution is -0.141. The molecule has 0 spiro atoms. The van der Waals surface area contributed by atoms with Crippen molar-refractivity contribution in [3.8, 4) is 0 Å². The van der Waals surface area contributed by atoms with Crippen LogP contribution in [0.1, 0.15) is 12.8 Å². The van der Waals surface area contributed by atoms with E-state index in [1.54, 1.807) is 11.8 Å². The van der Waals surface area contributed by atoms with Gasteiger partial charge in [-0.05, 0) is 32.5 Å². The van der Waals surface area contributed by atoms with Crippen LogP contribution in [0.3, 0.4) is 0 Å². The van der Waals surface area contributed by atoms with Gasteiger partial charge in [-0.3, -0.25) is 4.79 Å². The molecule has 0 rings (SSSR count). The average Bonchev–Trinajstić information content (AvgIpc) is 2.20. The van der Waals surface area contributed by atoms with Crippen molar-refractivity contribution in [1.29, 1.82) is 0 Å². The number of rotatable bonds is 8. The van der Waals surface area contributed by atoms with Crippen LogP contribution in [0.15, 0.2) is 0 Å². The first-order valence-electron chi connectivity index (χ1n) is 5.13. The van der Waals surface area contributed by atoms with Crippen LogP contribution >= 0.6 is 11.8 Å². The van der Waals surface area contributed by atoms with Crippen molar-refractivity contribution >= 4 is 23.6 Å². The summed E-state index contributed by atoms with van der Waals surface area (Å²) in [6.45, 7) is 0.626. The number of hydrogen-bond donors (Lipinski definition) is 2. The molecule has 0 saturated heterocycles. The topological polar surface area (TPSA) is 69.6 Å². The van der Waals surface area contributed by atoms with Gasteiger partial charge in [0.2, 0.25) is 5.91 Å². The van der Waals surface area contributed by atoms with E-state index in [0.717, 1.165) is 5.75 Å². The molecule has 5 nitrogen and oxygen atoms in total. The summed E-state index contributed by atoms with van der Waals surface area (Å²) in [6, 6.07) is -0.762. The van der Waals surface area contributed by atoms with Gasteiger partial charge in [0.1, 0.15) is 6.04 Å². The van der Waals surface area contributed by atoms with Gasteiger partial charge >= 0.3 is 5.97 Å². The molecule has 16 heavy (non-hydrogen) atoms. The second-order valence-electron chi connectivity index (χ2n) is 3.79. The van der Waals surface area contributed by atoms with E-state index in [-0.39, 0.29) is 5.91 Å². The molecular formula is C10H20N2O3S. The third kappa shape index (κ3) is 7.53. The van der Waals surface area contributed by atoms with Crippen molar-refractivity contribution in [3.63, 3.8) is 0 Å². The van der Waals surface area contributed by atoms with Gasteiger partial charge in [0.05, 0.1) is 0 Å². The lowest BCUT2D eigenvalue weighted by Crippen LogP contribution is -2.41. The lowest BCUT2D eigenvalue weighted by atomic mass is 10.2. The summed E-state index contributed by atoms with van der Waals surface area (Å²) in [5.74, 6) is -0.445. The summed E-state index contributed by atoms with van der Waals surface area (Å²) >= 11 is 1.57. The predicted molar refractivity (Wildman–Crippen MR) is 65.7 cm³/mol. The Labute approximate surface area is 101 Å². The monoisotopic (exact) mass is 248 g/mol. The number of carbonyl (C=O) groups excluding carboxylic acids is 1. The van der Waals surface area contributed by atoms with Crippen molar-refractivity contribution in [3.05, 3.63) is 0 Å². The van der Waals surface area contributed by atoms with Crippen molar-refractivity contribution in [1.82, 2.24) is 10.2 Å². The van der Waals surface area contributed by atoms with Gasteiger partial charge in [-0.1, -0.05) is 0 Å². The molecule has 2 N–H and O–H groups in total. The number of carbonyl (C=O) groups is 2. The van der Waals surface area contributed by atoms with E-state index in [2.05, 4.69) is 5.32 Å². The molecule has 0 aromatic carbocycles. The second kappa shape index (κ2) is 8.41. The number of carboxylic acids is 1. The van der Waals surface area contributed by atoms with Gasteiger partial charge in [-0.2, -0.15) is 11.8 Å². The minimum Gasteiger partial charge on any atom is -0.480 e. The highest BCUT2D eigenvalue weighted by Gasteiger charge is 2.18. The molecule has 0 unspecified atom stereocenters. The fourth-order valence-corrected chi connectivity index (χ4v) is 1.56. The summed E-state index contributed by atoms with van der Waals surface area (Å²) in [6.07, 6.45) is 2.70. The first-order valence-corrected chi connectivity index (χ1v) is 6.52. The first kappa shape index (κ1) is 15.2. The van der Waals surface area contributed by atoms with Gasteiger partial charge in [-0.25, -0.2) is 4.79 Å². The Balaban J connectivity index is 3.98. The van der Waals surface area contributed by atoms with Gasteiger partial charge < -0.3 is 15.3 Å². The van der Waals surface area contributed by atoms with Crippen LogP contribution in [0.4, 0.5) is 0 Å². The number of carboxylic acid groups (broad SMARTS) is 1. The van der Waals surface area contributed by atoms with E-state index >= 15 is 0 Å². The molecule has 0 aliphatic carbocycles. The molecule has 6 heteroatoms. The van der Waals surface area contributed by atoms with Crippen LogP contribution in [0.5, 0.6) is 0 Å². The quantitative estimate of drug-likeness (QED) is 0.645. The SMILES string of the molecule is CSCC[C@H](NC(=O)CCN(C)C)C(=O)O. The number of thioether (sulfide) groups is 1. The Hall–Kier alpha value is -0.750. The van der Waals surface area contributed by atoms with Crippen molar-refractivity contribution < 1.29 is 14.7 Å². The smallest absolute Gasteiger partial charge is 0.326 e. The van der Waals surface area contributed by atoms with Crippen molar-refractivity contribution in [2.45, 2.75) is 18.9 Å². The summed E-state index contributed by atoms with van der Waals surface area (Å²) in [7, 11) is 3.74. The molecule has 0 aromatic heterocycles. The minimum atomic E-state index is -0.966. The lowest BCUT2D eigenvalue weighted by Gasteiger charge is -2.15. The Kier molecular flexibility index (Phi) is 8.01. The number of aliphatic carboxylic acids is 1. The van der Waals surface area contributed by atoms with E-state index in [0.29, 0.717) is 19.4 Å². The van der Waals surface area contributed by atoms with Crippen molar-refractivity contribution in [2.24, 2.45) is 0 Å². The summed E-state index contributed by atoms with van der Waals surface area (Å²) < 4.78 is 0. The van der Waals surface area contributed by atoms with E-state index < -0.39 is 12.0 Å². The molecule has 0 fully saturated rings. The molecule has 0 saturated carbocycles. The van der Waals surface area contributed by atoms with Crippen LogP contribution < -0.4 is 5.32 Å². The Bertz CT molecular complexity index is 234. The maximum absolute atomic E-state index is 11.4. The normalized spacial score (nSPS) is 12.5. The maximum Gasteiger partial charge on any atom is 0.326 e. The molecule has 0 heterocycles. The van der Waals surface area contributed by atoms with Gasteiger partial charge in [-0.15, -0.1) is 0 Å². The Morgan fingerprint density at radius 2 is 2.06 bits per heavy atom. The number of nitrogens with one attached hydrogen (secondary N) is 1. The van der Waals surface area contributed by atoms with Crippen molar-refractivity contribution in [2.75, 3.05) is 32.6 Å². The van der Waals surface area contributed by atoms with E-state index in [1.807, 2.05) is 25.3 Å². The van der Waals surface area contributed by atoms with E-state index in [1.165, 1.54) is 0 Å². The molecular weight excluding hydrogens is 228 g/mol. The largest absolute Gasteiger partial charge is 0.480 e. The molecule has 1 atom stereocenters. The molecule has 0 aromatic rings. The van der Waals surface area contributed by atoms with Gasteiger partial charge in [0.15, 0.2) is 0 Å². The van der Waals surface area contributed by atoms with Crippen LogP contribution in [0.25, 0.3) is 0 Å². The molecule has 0 aliphatic rings. The Morgan fingerprint density at radius 1 is 1.44 bits per heavy atom. The highest BCUT2D eigenvalue weighted by Crippen LogP contribution is 2.01. The predicted octanol–water partition coefficient (Wildman–Crippen LogP) is 0.261. The minimum absolute atomic E-state index is 0.206. The summed E-state index contributed by atoms with van der Waals surface area (Å²) in [5.41, 5.74) is 0. The van der Waals surface area contributed by atoms with Gasteiger partial charge in [0, 0.05) is 13.0 Å². The van der Waals surface area contributed by atoms with E-state index in [4.69, 9.17) is 5.11 Å². The molecule has 94 valence electrons. The molecule has 0 bridgehead atoms. The second-order valence-corrected chi connectivity index (χ2v) is 4.78. The number of hydrogen-bond acceptors (Lipinski definition) is 4. The Morgan fingerprint density at radius 3 is 2.50 bits per heavy atom. The molecule has 1 amide bonds. The zero-order chi connectivity index (χ0) is 12.6. The van der Waals surface area contributed by atoms with Crippen LogP contribution in [0, 0.1) is 0 Å². The van der Waals surface area contributed by atoms with Crippen LogP contribution in [-0.2, 0) is 9.59 Å². The number of nitrogens with zero attached hydrogens (tertiary/aromatic N) is 1. The molecule has 0 aliphatic heterocycles.